The van der Waals surface area contributed by atoms with Gasteiger partial charge in [0.15, 0.2) is 0 Å². The SMILES string of the molecule is O=C(O[C@@H]1C(=O)N(c2ccc(F)cc2)C(=O)[C@@H]1OC(=O)c1ccccc1)c1ccccc1. The van der Waals surface area contributed by atoms with Gasteiger partial charge in [-0.1, -0.05) is 36.4 Å². The molecule has 3 aromatic rings. The van der Waals surface area contributed by atoms with Crippen LogP contribution < -0.4 is 4.90 Å². The lowest BCUT2D eigenvalue weighted by Crippen LogP contribution is -2.37. The standard InChI is InChI=1S/C24H16FNO6/c25-17-11-13-18(14-12-17)26-21(27)19(31-23(29)15-7-3-1-4-8-15)20(22(26)28)32-24(30)16-9-5-2-6-10-16/h1-14,19-20H/t19-,20+. The summed E-state index contributed by atoms with van der Waals surface area (Å²) in [7, 11) is 0. The number of ether oxygens (including phenoxy) is 2. The van der Waals surface area contributed by atoms with Gasteiger partial charge < -0.3 is 9.47 Å². The fourth-order valence-corrected chi connectivity index (χ4v) is 3.21. The Balaban J connectivity index is 1.65. The third kappa shape index (κ3) is 4.11. The highest BCUT2D eigenvalue weighted by Crippen LogP contribution is 2.28. The van der Waals surface area contributed by atoms with Crippen LogP contribution in [0.15, 0.2) is 84.9 Å². The maximum absolute atomic E-state index is 13.3. The predicted octanol–water partition coefficient (Wildman–Crippen LogP) is 3.15. The van der Waals surface area contributed by atoms with Crippen molar-refractivity contribution in [3.63, 3.8) is 0 Å². The number of amides is 2. The molecule has 1 saturated heterocycles. The van der Waals surface area contributed by atoms with Crippen LogP contribution in [0.2, 0.25) is 0 Å². The number of carbonyl (C=O) groups excluding carboxylic acids is 4. The van der Waals surface area contributed by atoms with Crippen molar-refractivity contribution in [3.05, 3.63) is 102 Å². The van der Waals surface area contributed by atoms with E-state index in [0.717, 1.165) is 12.1 Å². The second kappa shape index (κ2) is 8.81. The summed E-state index contributed by atoms with van der Waals surface area (Å²) in [6.45, 7) is 0. The Morgan fingerprint density at radius 2 is 1.06 bits per heavy atom. The molecule has 2 amide bonds. The van der Waals surface area contributed by atoms with Gasteiger partial charge in [-0.05, 0) is 48.5 Å². The summed E-state index contributed by atoms with van der Waals surface area (Å²) in [5.41, 5.74) is 0.364. The number of halogens is 1. The molecule has 32 heavy (non-hydrogen) atoms. The number of imide groups is 1. The summed E-state index contributed by atoms with van der Waals surface area (Å²) in [5, 5.41) is 0. The van der Waals surface area contributed by atoms with E-state index in [4.69, 9.17) is 9.47 Å². The van der Waals surface area contributed by atoms with Crippen LogP contribution in [-0.2, 0) is 19.1 Å². The quantitative estimate of drug-likeness (QED) is 0.454. The van der Waals surface area contributed by atoms with E-state index in [9.17, 15) is 23.6 Å². The van der Waals surface area contributed by atoms with Crippen molar-refractivity contribution < 1.29 is 33.0 Å². The molecule has 8 heteroatoms. The molecule has 0 aromatic heterocycles. The van der Waals surface area contributed by atoms with Crippen molar-refractivity contribution in [2.24, 2.45) is 0 Å². The van der Waals surface area contributed by atoms with Gasteiger partial charge in [-0.2, -0.15) is 0 Å². The summed E-state index contributed by atoms with van der Waals surface area (Å²) >= 11 is 0. The van der Waals surface area contributed by atoms with Crippen LogP contribution in [0.25, 0.3) is 0 Å². The average Bonchev–Trinajstić information content (AvgIpc) is 3.04. The topological polar surface area (TPSA) is 90.0 Å². The van der Waals surface area contributed by atoms with Gasteiger partial charge in [0.25, 0.3) is 11.8 Å². The molecular formula is C24H16FNO6. The fraction of sp³-hybridized carbons (Fsp3) is 0.0833. The van der Waals surface area contributed by atoms with Crippen molar-refractivity contribution in [2.45, 2.75) is 12.2 Å². The van der Waals surface area contributed by atoms with Crippen LogP contribution in [-0.4, -0.2) is 36.0 Å². The lowest BCUT2D eigenvalue weighted by atomic mass is 10.2. The van der Waals surface area contributed by atoms with Crippen molar-refractivity contribution in [2.75, 3.05) is 4.90 Å². The number of hydrogen-bond donors (Lipinski definition) is 0. The van der Waals surface area contributed by atoms with E-state index in [1.54, 1.807) is 36.4 Å². The van der Waals surface area contributed by atoms with Gasteiger partial charge in [0.1, 0.15) is 5.82 Å². The smallest absolute Gasteiger partial charge is 0.339 e. The summed E-state index contributed by atoms with van der Waals surface area (Å²) in [4.78, 5) is 51.9. The van der Waals surface area contributed by atoms with Crippen LogP contribution in [0.3, 0.4) is 0 Å². The van der Waals surface area contributed by atoms with Gasteiger partial charge in [0.2, 0.25) is 12.2 Å². The molecule has 1 fully saturated rings. The van der Waals surface area contributed by atoms with Gasteiger partial charge in [-0.3, -0.25) is 9.59 Å². The Morgan fingerprint density at radius 1 is 0.656 bits per heavy atom. The van der Waals surface area contributed by atoms with E-state index in [1.165, 1.54) is 36.4 Å². The van der Waals surface area contributed by atoms with Crippen LogP contribution in [0.5, 0.6) is 0 Å². The van der Waals surface area contributed by atoms with Gasteiger partial charge >= 0.3 is 11.9 Å². The molecule has 3 aromatic carbocycles. The molecule has 160 valence electrons. The average molecular weight is 433 g/mol. The number of hydrogen-bond acceptors (Lipinski definition) is 6. The molecule has 0 radical (unpaired) electrons. The van der Waals surface area contributed by atoms with Crippen LogP contribution in [0, 0.1) is 5.82 Å². The summed E-state index contributed by atoms with van der Waals surface area (Å²) in [6, 6.07) is 20.3. The molecule has 2 atom stereocenters. The second-order valence-electron chi connectivity index (χ2n) is 6.87. The number of rotatable bonds is 5. The molecule has 0 bridgehead atoms. The van der Waals surface area contributed by atoms with E-state index in [0.29, 0.717) is 4.90 Å². The van der Waals surface area contributed by atoms with Crippen molar-refractivity contribution in [3.8, 4) is 0 Å². The zero-order chi connectivity index (χ0) is 22.7. The van der Waals surface area contributed by atoms with E-state index in [-0.39, 0.29) is 16.8 Å². The molecule has 0 unspecified atom stereocenters. The fourth-order valence-electron chi connectivity index (χ4n) is 3.21. The Hall–Kier alpha value is -4.33. The molecule has 7 nitrogen and oxygen atoms in total. The maximum Gasteiger partial charge on any atom is 0.339 e. The van der Waals surface area contributed by atoms with Crippen molar-refractivity contribution in [1.82, 2.24) is 0 Å². The first-order chi connectivity index (χ1) is 15.5. The molecule has 1 heterocycles. The monoisotopic (exact) mass is 433 g/mol. The molecule has 0 saturated carbocycles. The summed E-state index contributed by atoms with van der Waals surface area (Å²) in [6.07, 6.45) is -3.40. The normalized spacial score (nSPS) is 17.8. The largest absolute Gasteiger partial charge is 0.444 e. The summed E-state index contributed by atoms with van der Waals surface area (Å²) in [5.74, 6) is -4.10. The van der Waals surface area contributed by atoms with Crippen LogP contribution in [0.1, 0.15) is 20.7 Å². The Kier molecular flexibility index (Phi) is 5.76. The van der Waals surface area contributed by atoms with Crippen LogP contribution in [0.4, 0.5) is 10.1 Å². The zero-order valence-electron chi connectivity index (χ0n) is 16.5. The molecule has 0 aliphatic carbocycles. The molecule has 1 aliphatic heterocycles. The first-order valence-electron chi connectivity index (χ1n) is 9.61. The second-order valence-corrected chi connectivity index (χ2v) is 6.87. The molecule has 0 spiro atoms. The molecular weight excluding hydrogens is 417 g/mol. The third-order valence-corrected chi connectivity index (χ3v) is 4.77. The van der Waals surface area contributed by atoms with E-state index in [2.05, 4.69) is 0 Å². The minimum atomic E-state index is -1.70. The van der Waals surface area contributed by atoms with Gasteiger partial charge in [0.05, 0.1) is 16.8 Å². The highest BCUT2D eigenvalue weighted by atomic mass is 19.1. The Bertz CT molecular complexity index is 1090. The highest BCUT2D eigenvalue weighted by Gasteiger charge is 2.53. The first kappa shape index (κ1) is 20.9. The van der Waals surface area contributed by atoms with Gasteiger partial charge in [-0.15, -0.1) is 0 Å². The number of anilines is 1. The zero-order valence-corrected chi connectivity index (χ0v) is 16.5. The van der Waals surface area contributed by atoms with E-state index < -0.39 is 41.8 Å². The lowest BCUT2D eigenvalue weighted by molar-refractivity contribution is -0.130. The van der Waals surface area contributed by atoms with Crippen molar-refractivity contribution in [1.29, 1.82) is 0 Å². The Morgan fingerprint density at radius 3 is 1.47 bits per heavy atom. The van der Waals surface area contributed by atoms with Gasteiger partial charge in [0, 0.05) is 0 Å². The number of carbonyl (C=O) groups is 4. The first-order valence-corrected chi connectivity index (χ1v) is 9.61. The third-order valence-electron chi connectivity index (χ3n) is 4.77. The molecule has 1 aliphatic rings. The number of benzene rings is 3. The Labute approximate surface area is 182 Å². The minimum Gasteiger partial charge on any atom is -0.444 e. The van der Waals surface area contributed by atoms with E-state index >= 15 is 0 Å². The van der Waals surface area contributed by atoms with E-state index in [1.807, 2.05) is 0 Å². The number of esters is 2. The molecule has 4 rings (SSSR count). The number of nitrogens with zero attached hydrogens (tertiary/aromatic N) is 1. The highest BCUT2D eigenvalue weighted by molar-refractivity contribution is 6.25. The van der Waals surface area contributed by atoms with Gasteiger partial charge in [-0.25, -0.2) is 18.9 Å². The van der Waals surface area contributed by atoms with Crippen molar-refractivity contribution >= 4 is 29.4 Å². The van der Waals surface area contributed by atoms with Crippen LogP contribution >= 0.6 is 0 Å². The predicted molar refractivity (Wildman–Crippen MR) is 110 cm³/mol. The minimum absolute atomic E-state index is 0.0559. The lowest BCUT2D eigenvalue weighted by Gasteiger charge is -2.16. The summed E-state index contributed by atoms with van der Waals surface area (Å²) < 4.78 is 23.9. The maximum atomic E-state index is 13.3. The molecule has 0 N–H and O–H groups in total.